The summed E-state index contributed by atoms with van der Waals surface area (Å²) in [5, 5.41) is 14.1. The van der Waals surface area contributed by atoms with Gasteiger partial charge < -0.3 is 19.4 Å². The molecule has 1 aromatic carbocycles. The fourth-order valence-corrected chi connectivity index (χ4v) is 4.09. The van der Waals surface area contributed by atoms with E-state index in [4.69, 9.17) is 4.42 Å². The lowest BCUT2D eigenvalue weighted by atomic mass is 9.95. The Balaban J connectivity index is 1.52. The van der Waals surface area contributed by atoms with Crippen LogP contribution in [0.25, 0.3) is 10.9 Å². The molecule has 132 valence electrons. The second-order valence-corrected chi connectivity index (χ2v) is 7.23. The van der Waals surface area contributed by atoms with E-state index in [9.17, 15) is 5.11 Å². The van der Waals surface area contributed by atoms with Gasteiger partial charge in [-0.15, -0.1) is 0 Å². The number of quaternary nitrogens is 1. The summed E-state index contributed by atoms with van der Waals surface area (Å²) in [7, 11) is 0. The van der Waals surface area contributed by atoms with Crippen LogP contribution in [0.5, 0.6) is 0 Å². The van der Waals surface area contributed by atoms with E-state index in [0.717, 1.165) is 18.7 Å². The number of fused-ring (bicyclic) bond motifs is 3. The Bertz CT molecular complexity index is 849. The van der Waals surface area contributed by atoms with E-state index in [1.165, 1.54) is 47.0 Å². The van der Waals surface area contributed by atoms with E-state index in [0.29, 0.717) is 13.1 Å². The van der Waals surface area contributed by atoms with Crippen LogP contribution >= 0.6 is 0 Å². The molecule has 3 N–H and O–H groups in total. The van der Waals surface area contributed by atoms with Crippen LogP contribution < -0.4 is 5.32 Å². The lowest BCUT2D eigenvalue weighted by Crippen LogP contribution is -2.85. The summed E-state index contributed by atoms with van der Waals surface area (Å²) >= 11 is 0. The minimum absolute atomic E-state index is 0.363. The number of hydrogen-bond donors (Lipinski definition) is 2. The Hall–Kier alpha value is -2.04. The van der Waals surface area contributed by atoms with E-state index in [2.05, 4.69) is 35.0 Å². The molecule has 0 bridgehead atoms. The summed E-state index contributed by atoms with van der Waals surface area (Å²) in [6, 6.07) is 10.6. The highest BCUT2D eigenvalue weighted by Crippen LogP contribution is 2.32. The maximum atomic E-state index is 10.6. The van der Waals surface area contributed by atoms with E-state index < -0.39 is 0 Å². The molecule has 0 amide bonds. The van der Waals surface area contributed by atoms with Crippen LogP contribution in [0.1, 0.15) is 35.4 Å². The molecule has 0 aliphatic heterocycles. The minimum Gasteiger partial charge on any atom is -0.463 e. The Kier molecular flexibility index (Phi) is 4.64. The molecule has 0 saturated carbocycles. The number of aromatic nitrogens is 1. The molecule has 0 unspecified atom stereocenters. The zero-order valence-electron chi connectivity index (χ0n) is 14.9. The third-order valence-corrected chi connectivity index (χ3v) is 5.29. The third-order valence-electron chi connectivity index (χ3n) is 5.29. The van der Waals surface area contributed by atoms with Crippen molar-refractivity contribution in [3.63, 3.8) is 0 Å². The van der Waals surface area contributed by atoms with Crippen molar-refractivity contribution in [1.82, 2.24) is 4.57 Å². The molecular weight excluding hydrogens is 312 g/mol. The SMILES string of the molecule is Cc1ccc2c(c1)c1c(n2C[C@H](O)C[NH2+]Cc2ccco2)CCCC1. The molecule has 2 heterocycles. The first-order valence-corrected chi connectivity index (χ1v) is 9.35. The molecule has 4 heteroatoms. The van der Waals surface area contributed by atoms with Crippen LogP contribution in [0.2, 0.25) is 0 Å². The Morgan fingerprint density at radius 1 is 1.24 bits per heavy atom. The number of aliphatic hydroxyl groups excluding tert-OH is 1. The molecule has 1 atom stereocenters. The highest BCUT2D eigenvalue weighted by atomic mass is 16.3. The summed E-state index contributed by atoms with van der Waals surface area (Å²) < 4.78 is 7.72. The van der Waals surface area contributed by atoms with Crippen LogP contribution in [0, 0.1) is 6.92 Å². The minimum atomic E-state index is -0.363. The van der Waals surface area contributed by atoms with E-state index >= 15 is 0 Å². The number of furan rings is 1. The van der Waals surface area contributed by atoms with Gasteiger partial charge in [-0.05, 0) is 62.4 Å². The largest absolute Gasteiger partial charge is 0.463 e. The summed E-state index contributed by atoms with van der Waals surface area (Å²) in [6.07, 6.45) is 6.16. The zero-order valence-corrected chi connectivity index (χ0v) is 14.9. The average molecular weight is 339 g/mol. The molecular formula is C21H27N2O2+. The standard InChI is InChI=1S/C21H26N2O2/c1-15-8-9-21-19(11-15)18-6-2-3-7-20(18)23(21)14-16(24)12-22-13-17-5-4-10-25-17/h4-5,8-11,16,22,24H,2-3,6-7,12-14H2,1H3/p+1/t16-/m1/s1. The van der Waals surface area contributed by atoms with E-state index in [-0.39, 0.29) is 6.10 Å². The fraction of sp³-hybridized carbons (Fsp3) is 0.429. The van der Waals surface area contributed by atoms with Gasteiger partial charge in [0.1, 0.15) is 19.2 Å². The number of nitrogens with zero attached hydrogens (tertiary/aromatic N) is 1. The third kappa shape index (κ3) is 3.37. The van der Waals surface area contributed by atoms with Crippen molar-refractivity contribution in [2.24, 2.45) is 0 Å². The van der Waals surface area contributed by atoms with Crippen molar-refractivity contribution < 1.29 is 14.8 Å². The topological polar surface area (TPSA) is 54.9 Å². The monoisotopic (exact) mass is 339 g/mol. The lowest BCUT2D eigenvalue weighted by molar-refractivity contribution is -0.678. The second-order valence-electron chi connectivity index (χ2n) is 7.23. The number of aliphatic hydroxyl groups is 1. The van der Waals surface area contributed by atoms with Crippen LogP contribution in [0.4, 0.5) is 0 Å². The van der Waals surface area contributed by atoms with Gasteiger partial charge >= 0.3 is 0 Å². The van der Waals surface area contributed by atoms with Crippen molar-refractivity contribution in [3.05, 3.63) is 59.2 Å². The molecule has 2 aromatic heterocycles. The maximum Gasteiger partial charge on any atom is 0.157 e. The van der Waals surface area contributed by atoms with Gasteiger partial charge in [-0.25, -0.2) is 0 Å². The molecule has 0 radical (unpaired) electrons. The predicted octanol–water partition coefficient (Wildman–Crippen LogP) is 2.55. The van der Waals surface area contributed by atoms with Crippen molar-refractivity contribution in [2.75, 3.05) is 6.54 Å². The Labute approximate surface area is 148 Å². The van der Waals surface area contributed by atoms with Gasteiger partial charge in [0.2, 0.25) is 0 Å². The van der Waals surface area contributed by atoms with Gasteiger partial charge in [0, 0.05) is 16.6 Å². The second kappa shape index (κ2) is 7.06. The summed E-state index contributed by atoms with van der Waals surface area (Å²) in [6.45, 7) is 4.28. The molecule has 0 fully saturated rings. The van der Waals surface area contributed by atoms with Crippen LogP contribution in [-0.2, 0) is 25.9 Å². The lowest BCUT2D eigenvalue weighted by Gasteiger charge is -2.18. The summed E-state index contributed by atoms with van der Waals surface area (Å²) in [5.74, 6) is 0.950. The smallest absolute Gasteiger partial charge is 0.157 e. The summed E-state index contributed by atoms with van der Waals surface area (Å²) in [5.41, 5.74) is 5.54. The molecule has 4 rings (SSSR count). The van der Waals surface area contributed by atoms with Gasteiger partial charge in [0.15, 0.2) is 5.76 Å². The van der Waals surface area contributed by atoms with Crippen LogP contribution in [-0.4, -0.2) is 22.3 Å². The molecule has 1 aliphatic carbocycles. The number of rotatable bonds is 6. The van der Waals surface area contributed by atoms with Crippen LogP contribution in [0.15, 0.2) is 41.0 Å². The van der Waals surface area contributed by atoms with Gasteiger partial charge in [0.25, 0.3) is 0 Å². The van der Waals surface area contributed by atoms with Crippen LogP contribution in [0.3, 0.4) is 0 Å². The first kappa shape index (κ1) is 16.4. The normalized spacial score (nSPS) is 15.4. The number of hydrogen-bond acceptors (Lipinski definition) is 2. The predicted molar refractivity (Wildman–Crippen MR) is 98.5 cm³/mol. The number of nitrogens with two attached hydrogens (primary N) is 1. The Morgan fingerprint density at radius 3 is 2.96 bits per heavy atom. The summed E-state index contributed by atoms with van der Waals surface area (Å²) in [4.78, 5) is 0. The average Bonchev–Trinajstić information content (AvgIpc) is 3.22. The molecule has 0 saturated heterocycles. The van der Waals surface area contributed by atoms with Gasteiger partial charge in [-0.2, -0.15) is 0 Å². The van der Waals surface area contributed by atoms with E-state index in [1.54, 1.807) is 6.26 Å². The zero-order chi connectivity index (χ0) is 17.2. The van der Waals surface area contributed by atoms with Gasteiger partial charge in [-0.3, -0.25) is 0 Å². The molecule has 3 aromatic rings. The fourth-order valence-electron chi connectivity index (χ4n) is 4.09. The maximum absolute atomic E-state index is 10.6. The molecule has 0 spiro atoms. The molecule has 1 aliphatic rings. The quantitative estimate of drug-likeness (QED) is 0.725. The van der Waals surface area contributed by atoms with E-state index in [1.807, 2.05) is 12.1 Å². The first-order chi connectivity index (χ1) is 12.2. The number of benzene rings is 1. The van der Waals surface area contributed by atoms with Crippen molar-refractivity contribution in [1.29, 1.82) is 0 Å². The van der Waals surface area contributed by atoms with Gasteiger partial charge in [-0.1, -0.05) is 11.6 Å². The highest BCUT2D eigenvalue weighted by molar-refractivity contribution is 5.86. The van der Waals surface area contributed by atoms with Gasteiger partial charge in [0.05, 0.1) is 12.8 Å². The van der Waals surface area contributed by atoms with Crippen molar-refractivity contribution in [3.8, 4) is 0 Å². The molecule has 25 heavy (non-hydrogen) atoms. The number of aryl methyl sites for hydroxylation is 2. The first-order valence-electron chi connectivity index (χ1n) is 9.35. The van der Waals surface area contributed by atoms with Crippen molar-refractivity contribution >= 4 is 10.9 Å². The van der Waals surface area contributed by atoms with Crippen molar-refractivity contribution in [2.45, 2.75) is 51.8 Å². The highest BCUT2D eigenvalue weighted by Gasteiger charge is 2.21. The Morgan fingerprint density at radius 2 is 2.12 bits per heavy atom. The molecule has 4 nitrogen and oxygen atoms in total.